The van der Waals surface area contributed by atoms with Gasteiger partial charge in [-0.05, 0) is 25.1 Å². The van der Waals surface area contributed by atoms with E-state index in [-0.39, 0.29) is 17.1 Å². The average molecular weight is 685 g/mol. The number of fused-ring (bicyclic) bond motifs is 1. The Hall–Kier alpha value is -4.11. The lowest BCUT2D eigenvalue weighted by molar-refractivity contribution is -0.354. The lowest BCUT2D eigenvalue weighted by atomic mass is 9.97. The minimum atomic E-state index is -1.94. The second-order valence-corrected chi connectivity index (χ2v) is 11.1. The predicted octanol–water partition coefficient (Wildman–Crippen LogP) is -1.37. The zero-order chi connectivity index (χ0) is 35.2. The van der Waals surface area contributed by atoms with Crippen LogP contribution in [0.2, 0.25) is 0 Å². The highest BCUT2D eigenvalue weighted by Gasteiger charge is 2.51. The molecule has 0 saturated carbocycles. The highest BCUT2D eigenvalue weighted by atomic mass is 16.8. The van der Waals surface area contributed by atoms with Crippen molar-refractivity contribution in [2.75, 3.05) is 27.9 Å². The third-order valence-electron chi connectivity index (χ3n) is 8.17. The van der Waals surface area contributed by atoms with Crippen molar-refractivity contribution >= 4 is 11.0 Å². The molecular formula is C30H36O18. The summed E-state index contributed by atoms with van der Waals surface area (Å²) in [4.78, 5) is 14.3. The molecule has 0 unspecified atom stereocenters. The lowest BCUT2D eigenvalue weighted by Gasteiger charge is -2.45. The van der Waals surface area contributed by atoms with E-state index in [1.165, 1.54) is 32.2 Å². The zero-order valence-corrected chi connectivity index (χ0v) is 25.9. The van der Waals surface area contributed by atoms with Crippen LogP contribution in [-0.4, -0.2) is 135 Å². The fourth-order valence-corrected chi connectivity index (χ4v) is 5.52. The molecule has 2 fully saturated rings. The molecule has 264 valence electrons. The summed E-state index contributed by atoms with van der Waals surface area (Å²) in [5.74, 6) is -4.06. The van der Waals surface area contributed by atoms with Gasteiger partial charge < -0.3 is 83.5 Å². The van der Waals surface area contributed by atoms with Crippen LogP contribution in [-0.2, 0) is 14.2 Å². The summed E-state index contributed by atoms with van der Waals surface area (Å²) < 4.78 is 44.4. The van der Waals surface area contributed by atoms with E-state index in [1.807, 2.05) is 0 Å². The number of ether oxygens (including phenoxy) is 7. The number of methoxy groups -OCH3 is 3. The van der Waals surface area contributed by atoms with Crippen LogP contribution in [0.5, 0.6) is 40.2 Å². The molecule has 0 spiro atoms. The van der Waals surface area contributed by atoms with Crippen LogP contribution in [0.25, 0.3) is 22.3 Å². The number of hydrogen-bond acceptors (Lipinski definition) is 18. The van der Waals surface area contributed by atoms with E-state index in [4.69, 9.17) is 37.6 Å². The molecular weight excluding hydrogens is 648 g/mol. The maximum atomic E-state index is 14.3. The molecule has 0 amide bonds. The standard InChI is InChI=1S/C30H36O18/c1-9-15(33)19(37)21(39)29(44-9)48-28-20(38)16(34)13(8-31)45-30(28)47-27-18(36)14-17(35)25(42-3)22(40)26(43-4)24(14)46-23(27)10-5-6-11(32)12(7-10)41-2/h5-7,9,13,15-16,19-21,28-35,37-40H,8H2,1-4H3/t9-,13+,15-,16+,19+,20+,21-,28+,29-,30-/m0/s1. The van der Waals surface area contributed by atoms with Crippen LogP contribution < -0.4 is 24.4 Å². The second-order valence-electron chi connectivity index (χ2n) is 11.1. The third-order valence-corrected chi connectivity index (χ3v) is 8.17. The Balaban J connectivity index is 1.71. The molecule has 0 bridgehead atoms. The van der Waals surface area contributed by atoms with Crippen molar-refractivity contribution in [1.29, 1.82) is 0 Å². The van der Waals surface area contributed by atoms with Crippen molar-refractivity contribution in [1.82, 2.24) is 0 Å². The molecule has 2 saturated heterocycles. The molecule has 2 aromatic carbocycles. The van der Waals surface area contributed by atoms with Crippen LogP contribution in [0.15, 0.2) is 27.4 Å². The van der Waals surface area contributed by atoms with Gasteiger partial charge in [-0.15, -0.1) is 0 Å². The topological polar surface area (TPSA) is 277 Å². The fourth-order valence-electron chi connectivity index (χ4n) is 5.52. The number of aliphatic hydroxyl groups excluding tert-OH is 6. The molecule has 0 radical (unpaired) electrons. The maximum absolute atomic E-state index is 14.3. The number of aromatic hydroxyl groups is 3. The van der Waals surface area contributed by atoms with Gasteiger partial charge in [-0.25, -0.2) is 0 Å². The van der Waals surface area contributed by atoms with Crippen molar-refractivity contribution in [2.45, 2.75) is 68.3 Å². The van der Waals surface area contributed by atoms with E-state index in [1.54, 1.807) is 0 Å². The predicted molar refractivity (Wildman–Crippen MR) is 158 cm³/mol. The van der Waals surface area contributed by atoms with Crippen molar-refractivity contribution < 1.29 is 83.5 Å². The lowest BCUT2D eigenvalue weighted by Crippen LogP contribution is -2.64. The van der Waals surface area contributed by atoms with E-state index >= 15 is 0 Å². The molecule has 0 aliphatic carbocycles. The number of phenols is 3. The Morgan fingerprint density at radius 1 is 0.771 bits per heavy atom. The van der Waals surface area contributed by atoms with E-state index in [0.717, 1.165) is 14.2 Å². The van der Waals surface area contributed by atoms with Crippen LogP contribution in [0.4, 0.5) is 0 Å². The molecule has 2 aliphatic heterocycles. The molecule has 2 aliphatic rings. The van der Waals surface area contributed by atoms with Crippen LogP contribution >= 0.6 is 0 Å². The Labute approximate surface area is 271 Å². The van der Waals surface area contributed by atoms with Gasteiger partial charge in [0.05, 0.1) is 34.0 Å². The minimum absolute atomic E-state index is 0.0278. The zero-order valence-electron chi connectivity index (χ0n) is 25.9. The Morgan fingerprint density at radius 3 is 2.08 bits per heavy atom. The van der Waals surface area contributed by atoms with Crippen LogP contribution in [0, 0.1) is 0 Å². The van der Waals surface area contributed by atoms with Gasteiger partial charge in [0, 0.05) is 5.56 Å². The van der Waals surface area contributed by atoms with Gasteiger partial charge in [0.1, 0.15) is 42.0 Å². The summed E-state index contributed by atoms with van der Waals surface area (Å²) in [6, 6.07) is 3.76. The minimum Gasteiger partial charge on any atom is -0.504 e. The van der Waals surface area contributed by atoms with Gasteiger partial charge in [0.2, 0.25) is 34.7 Å². The number of benzene rings is 2. The van der Waals surface area contributed by atoms with Gasteiger partial charge in [0.25, 0.3) is 0 Å². The summed E-state index contributed by atoms with van der Waals surface area (Å²) >= 11 is 0. The SMILES string of the molecule is COc1cc(-c2oc3c(OC)c(O)c(OC)c(O)c3c(=O)c2O[C@@H]2O[C@H](CO)[C@@H](O)[C@@H](O)[C@H]2O[C@@H]2O[C@@H](C)[C@H](O)[C@@H](O)[C@@H]2O)ccc1O. The van der Waals surface area contributed by atoms with E-state index < -0.39 is 119 Å². The quantitative estimate of drug-likeness (QED) is 0.126. The van der Waals surface area contributed by atoms with Gasteiger partial charge in [-0.1, -0.05) is 0 Å². The Bertz CT molecular complexity index is 1690. The summed E-state index contributed by atoms with van der Waals surface area (Å²) in [7, 11) is 3.52. The second kappa shape index (κ2) is 13.8. The smallest absolute Gasteiger partial charge is 0.239 e. The van der Waals surface area contributed by atoms with Crippen molar-refractivity contribution in [3.63, 3.8) is 0 Å². The van der Waals surface area contributed by atoms with Gasteiger partial charge in [-0.3, -0.25) is 4.79 Å². The van der Waals surface area contributed by atoms with Crippen molar-refractivity contribution in [2.24, 2.45) is 0 Å². The summed E-state index contributed by atoms with van der Waals surface area (Å²) in [6.07, 6.45) is -16.9. The van der Waals surface area contributed by atoms with Gasteiger partial charge in [-0.2, -0.15) is 0 Å². The molecule has 9 N–H and O–H groups in total. The van der Waals surface area contributed by atoms with E-state index in [2.05, 4.69) is 0 Å². The fraction of sp³-hybridized carbons (Fsp3) is 0.500. The molecule has 48 heavy (non-hydrogen) atoms. The maximum Gasteiger partial charge on any atom is 0.239 e. The monoisotopic (exact) mass is 684 g/mol. The first kappa shape index (κ1) is 35.2. The Kier molecular flexibility index (Phi) is 10.1. The molecule has 18 nitrogen and oxygen atoms in total. The number of hydrogen-bond donors (Lipinski definition) is 9. The van der Waals surface area contributed by atoms with Gasteiger partial charge in [0.15, 0.2) is 41.0 Å². The highest BCUT2D eigenvalue weighted by Crippen LogP contribution is 2.51. The van der Waals surface area contributed by atoms with E-state index in [9.17, 15) is 50.8 Å². The molecule has 18 heteroatoms. The summed E-state index contributed by atoms with van der Waals surface area (Å²) in [5, 5.41) is 93.9. The largest absolute Gasteiger partial charge is 0.504 e. The third kappa shape index (κ3) is 5.91. The first-order valence-corrected chi connectivity index (χ1v) is 14.5. The molecule has 1 aromatic heterocycles. The number of phenolic OH excluding ortho intramolecular Hbond substituents is 3. The molecule has 10 atom stereocenters. The normalized spacial score (nSPS) is 30.6. The molecule has 5 rings (SSSR count). The van der Waals surface area contributed by atoms with Crippen LogP contribution in [0.1, 0.15) is 6.92 Å². The number of rotatable bonds is 9. The van der Waals surface area contributed by atoms with Crippen molar-refractivity contribution in [3.05, 3.63) is 28.4 Å². The van der Waals surface area contributed by atoms with Crippen molar-refractivity contribution in [3.8, 4) is 51.6 Å². The summed E-state index contributed by atoms with van der Waals surface area (Å²) in [5.41, 5.74) is -1.55. The first-order valence-electron chi connectivity index (χ1n) is 14.5. The van der Waals surface area contributed by atoms with E-state index in [0.29, 0.717) is 0 Å². The van der Waals surface area contributed by atoms with Crippen LogP contribution in [0.3, 0.4) is 0 Å². The molecule has 3 heterocycles. The summed E-state index contributed by atoms with van der Waals surface area (Å²) in [6.45, 7) is 0.526. The highest BCUT2D eigenvalue weighted by molar-refractivity contribution is 5.96. The first-order chi connectivity index (χ1) is 22.8. The van der Waals surface area contributed by atoms with Gasteiger partial charge >= 0.3 is 0 Å². The number of aliphatic hydroxyl groups is 6. The Morgan fingerprint density at radius 2 is 1.46 bits per heavy atom. The molecule has 3 aromatic rings. The average Bonchev–Trinajstić information content (AvgIpc) is 3.07.